The van der Waals surface area contributed by atoms with Crippen molar-refractivity contribution >= 4 is 26.2 Å². The number of hydrogen-bond donors (Lipinski definition) is 0. The van der Waals surface area contributed by atoms with Gasteiger partial charge in [-0.1, -0.05) is 39.9 Å². The molecule has 0 fully saturated rings. The number of nitrogens with one attached hydrogen (secondary N) is 1. The molecule has 0 aliphatic heterocycles. The van der Waals surface area contributed by atoms with E-state index in [-0.39, 0.29) is 50.7 Å². The number of amides is 1. The van der Waals surface area contributed by atoms with Crippen LogP contribution in [0.2, 0.25) is 13.1 Å². The van der Waals surface area contributed by atoms with Crippen molar-refractivity contribution < 1.29 is 55.5 Å². The second-order valence-electron chi connectivity index (χ2n) is 5.23. The molecule has 2 rings (SSSR count). The third-order valence-corrected chi connectivity index (χ3v) is 2.23. The molecule has 1 amide bonds. The summed E-state index contributed by atoms with van der Waals surface area (Å²) in [6, 6.07) is 14.7. The van der Waals surface area contributed by atoms with Crippen molar-refractivity contribution in [1.29, 1.82) is 0 Å². The van der Waals surface area contributed by atoms with Gasteiger partial charge in [-0.15, -0.1) is 29.7 Å². The molecular weight excluding hydrogens is 500 g/mol. The van der Waals surface area contributed by atoms with E-state index in [0.29, 0.717) is 0 Å². The molecule has 2 radical (unpaired) electrons. The fraction of sp³-hybridized carbons (Fsp3) is 0.375. The number of rotatable bonds is 0. The van der Waals surface area contributed by atoms with E-state index >= 15 is 0 Å². The minimum absolute atomic E-state index is 0. The van der Waals surface area contributed by atoms with Crippen molar-refractivity contribution in [2.45, 2.75) is 33.9 Å². The van der Waals surface area contributed by atoms with Crippen molar-refractivity contribution in [3.05, 3.63) is 48.2 Å². The van der Waals surface area contributed by atoms with Crippen LogP contribution in [-0.2, 0) is 30.6 Å². The molecule has 0 atom stereocenters. The van der Waals surface area contributed by atoms with Gasteiger partial charge >= 0.3 is 25.8 Å². The summed E-state index contributed by atoms with van der Waals surface area (Å²) in [5, 5.41) is 2.66. The van der Waals surface area contributed by atoms with E-state index in [4.69, 9.17) is 5.73 Å². The molecule has 2 aromatic carbocycles. The SMILES string of the molecule is CC(C)(C)C([NH-])=O.C[Si]C.[Cl-].[Cl-].[Hf+4].c1ccc2[cH-]ccc2c1. The fourth-order valence-corrected chi connectivity index (χ4v) is 1.07. The van der Waals surface area contributed by atoms with E-state index in [0.717, 1.165) is 9.52 Å². The zero-order valence-electron chi connectivity index (χ0n) is 13.7. The van der Waals surface area contributed by atoms with Gasteiger partial charge in [0.25, 0.3) is 0 Å². The van der Waals surface area contributed by atoms with E-state index in [2.05, 4.69) is 55.6 Å². The molecule has 0 heterocycles. The standard InChI is InChI=1S/C9H7.C5H11NO.C2H6Si.2ClH.Hf/c1-2-5-9-7-3-6-8(9)4-1;1-5(2,3)4(6)7;1-3-2;;;/h1-7H;1-3H3,(H2,6,7);1-2H3;2*1H;/q-1;;;;;+4/p-3. The summed E-state index contributed by atoms with van der Waals surface area (Å²) in [4.78, 5) is 10.1. The summed E-state index contributed by atoms with van der Waals surface area (Å²) in [5.41, 5.74) is 6.12. The first-order valence-corrected chi connectivity index (χ1v) is 8.28. The fourth-order valence-electron chi connectivity index (χ4n) is 1.07. The van der Waals surface area contributed by atoms with Gasteiger partial charge in [0.1, 0.15) is 0 Å². The maximum Gasteiger partial charge on any atom is 4.00 e. The number of benzene rings is 1. The van der Waals surface area contributed by atoms with Crippen LogP contribution in [0.25, 0.3) is 16.5 Å². The van der Waals surface area contributed by atoms with E-state index in [1.165, 1.54) is 10.8 Å². The Bertz CT molecular complexity index is 468. The van der Waals surface area contributed by atoms with Gasteiger partial charge in [0.05, 0.1) is 5.91 Å². The first-order chi connectivity index (χ1) is 8.82. The van der Waals surface area contributed by atoms with Crippen LogP contribution in [0.3, 0.4) is 0 Å². The summed E-state index contributed by atoms with van der Waals surface area (Å²) in [7, 11) is 1.08. The Morgan fingerprint density at radius 1 is 1.09 bits per heavy atom. The van der Waals surface area contributed by atoms with Crippen LogP contribution >= 0.6 is 0 Å². The molecular formula is C16H23Cl2HfNOSi. The van der Waals surface area contributed by atoms with Gasteiger partial charge in [-0.05, 0) is 0 Å². The largest absolute Gasteiger partial charge is 4.00 e. The van der Waals surface area contributed by atoms with Crippen LogP contribution < -0.4 is 24.8 Å². The van der Waals surface area contributed by atoms with Gasteiger partial charge < -0.3 is 35.3 Å². The van der Waals surface area contributed by atoms with Crippen LogP contribution in [0, 0.1) is 5.41 Å². The average Bonchev–Trinajstić information content (AvgIpc) is 2.77. The van der Waals surface area contributed by atoms with Crippen molar-refractivity contribution in [3.8, 4) is 0 Å². The second-order valence-corrected chi connectivity index (χ2v) is 6.23. The molecule has 0 bridgehead atoms. The molecule has 0 saturated heterocycles. The Labute approximate surface area is 168 Å². The number of halogens is 2. The minimum atomic E-state index is -0.507. The van der Waals surface area contributed by atoms with Crippen molar-refractivity contribution in [2.75, 3.05) is 0 Å². The van der Waals surface area contributed by atoms with E-state index < -0.39 is 11.3 Å². The summed E-state index contributed by atoms with van der Waals surface area (Å²) in [6.45, 7) is 9.48. The molecule has 0 aliphatic carbocycles. The second kappa shape index (κ2) is 15.8. The third kappa shape index (κ3) is 13.6. The summed E-state index contributed by atoms with van der Waals surface area (Å²) >= 11 is 0. The van der Waals surface area contributed by atoms with Crippen LogP contribution in [0.1, 0.15) is 20.8 Å². The molecule has 22 heavy (non-hydrogen) atoms. The normalized spacial score (nSPS) is 8.59. The van der Waals surface area contributed by atoms with Crippen molar-refractivity contribution in [2.24, 2.45) is 5.41 Å². The monoisotopic (exact) mass is 523 g/mol. The summed E-state index contributed by atoms with van der Waals surface area (Å²) in [5.74, 6) is -0.507. The van der Waals surface area contributed by atoms with Gasteiger partial charge in [-0.25, -0.2) is 0 Å². The van der Waals surface area contributed by atoms with E-state index in [9.17, 15) is 4.79 Å². The smallest absolute Gasteiger partial charge is 1.00 e. The molecule has 2 aromatic rings. The Morgan fingerprint density at radius 3 is 1.86 bits per heavy atom. The Kier molecular flexibility index (Phi) is 21.5. The maximum absolute atomic E-state index is 10.1. The molecule has 0 aromatic heterocycles. The topological polar surface area (TPSA) is 40.9 Å². The Balaban J connectivity index is -0.000000115. The van der Waals surface area contributed by atoms with Crippen LogP contribution in [0.4, 0.5) is 0 Å². The van der Waals surface area contributed by atoms with Crippen LogP contribution in [0.15, 0.2) is 42.5 Å². The molecule has 2 nitrogen and oxygen atoms in total. The van der Waals surface area contributed by atoms with E-state index in [1.807, 2.05) is 0 Å². The van der Waals surface area contributed by atoms with Crippen LogP contribution in [0.5, 0.6) is 0 Å². The number of fused-ring (bicyclic) bond motifs is 1. The average molecular weight is 523 g/mol. The third-order valence-electron chi connectivity index (χ3n) is 2.23. The zero-order valence-corrected chi connectivity index (χ0v) is 19.8. The van der Waals surface area contributed by atoms with Gasteiger partial charge in [-0.2, -0.15) is 17.5 Å². The first kappa shape index (κ1) is 29.9. The Hall–Kier alpha value is -0.0330. The quantitative estimate of drug-likeness (QED) is 0.322. The van der Waals surface area contributed by atoms with Gasteiger partial charge in [0, 0.05) is 14.9 Å². The minimum Gasteiger partial charge on any atom is -1.00 e. The summed E-state index contributed by atoms with van der Waals surface area (Å²) < 4.78 is 0. The molecule has 6 heteroatoms. The van der Waals surface area contributed by atoms with Crippen molar-refractivity contribution in [1.82, 2.24) is 0 Å². The molecule has 1 N–H and O–H groups in total. The summed E-state index contributed by atoms with van der Waals surface area (Å²) in [6.07, 6.45) is 0. The molecule has 0 saturated carbocycles. The molecule has 120 valence electrons. The van der Waals surface area contributed by atoms with Gasteiger partial charge in [-0.3, -0.25) is 0 Å². The number of carbonyl (C=O) groups excluding carboxylic acids is 1. The van der Waals surface area contributed by atoms with Crippen LogP contribution in [-0.4, -0.2) is 15.4 Å². The maximum atomic E-state index is 10.1. The number of carbonyl (C=O) groups is 1. The Morgan fingerprint density at radius 2 is 1.50 bits per heavy atom. The predicted molar refractivity (Wildman–Crippen MR) is 85.8 cm³/mol. The molecule has 0 aliphatic rings. The predicted octanol–water partition coefficient (Wildman–Crippen LogP) is -1.04. The van der Waals surface area contributed by atoms with Gasteiger partial charge in [0.15, 0.2) is 0 Å². The number of hydrogen-bond acceptors (Lipinski definition) is 1. The van der Waals surface area contributed by atoms with Crippen molar-refractivity contribution in [3.63, 3.8) is 0 Å². The molecule has 0 unspecified atom stereocenters. The molecule has 0 spiro atoms. The van der Waals surface area contributed by atoms with Gasteiger partial charge in [0.2, 0.25) is 0 Å². The van der Waals surface area contributed by atoms with E-state index in [1.54, 1.807) is 20.8 Å². The first-order valence-electron chi connectivity index (χ1n) is 6.28. The zero-order chi connectivity index (χ0) is 14.9.